The summed E-state index contributed by atoms with van der Waals surface area (Å²) in [6.45, 7) is -0.00941. The molecule has 0 saturated carbocycles. The van der Waals surface area contributed by atoms with Crippen LogP contribution < -0.4 is 52.1 Å². The summed E-state index contributed by atoms with van der Waals surface area (Å²) in [6, 6.07) is 88.2. The van der Waals surface area contributed by atoms with E-state index in [1.807, 2.05) is 23.5 Å². The minimum absolute atomic E-state index is 0.00471. The molecule has 0 saturated heterocycles. The average Bonchev–Trinajstić information content (AvgIpc) is 3.53. The molecule has 0 bridgehead atoms. The number of anilines is 6. The minimum Gasteiger partial charge on any atom is -0.458 e. The van der Waals surface area contributed by atoms with Gasteiger partial charge in [-0.25, -0.2) is 0 Å². The molecule has 344 valence electrons. The second-order valence-corrected chi connectivity index (χ2v) is 21.7. The molecule has 0 atom stereocenters. The highest BCUT2D eigenvalue weighted by atomic mass is 32.2. The molecule has 74 heavy (non-hydrogen) atoms. The van der Waals surface area contributed by atoms with Crippen molar-refractivity contribution in [1.82, 2.24) is 0 Å². The Morgan fingerprint density at radius 3 is 0.986 bits per heavy atom. The number of para-hydroxylation sites is 6. The van der Waals surface area contributed by atoms with Gasteiger partial charge in [0.05, 0.1) is 11.4 Å². The number of ether oxygens (including phenoxy) is 2. The highest BCUT2D eigenvalue weighted by molar-refractivity contribution is 8.00. The highest BCUT2D eigenvalue weighted by Crippen LogP contribution is 2.48. The third-order valence-electron chi connectivity index (χ3n) is 15.4. The predicted molar refractivity (Wildman–Crippen MR) is 312 cm³/mol. The van der Waals surface area contributed by atoms with Crippen molar-refractivity contribution in [3.8, 4) is 23.0 Å². The van der Waals surface area contributed by atoms with Crippen LogP contribution in [0, 0.1) is 0 Å². The molecule has 4 heterocycles. The molecule has 0 aliphatic carbocycles. The summed E-state index contributed by atoms with van der Waals surface area (Å²) in [7, 11) is 0. The quantitative estimate of drug-likeness (QED) is 0.122. The van der Waals surface area contributed by atoms with E-state index in [-0.39, 0.29) is 13.4 Å². The Labute approximate surface area is 438 Å². The third-order valence-corrected chi connectivity index (χ3v) is 17.7. The van der Waals surface area contributed by atoms with Crippen LogP contribution in [0.5, 0.6) is 23.0 Å². The van der Waals surface area contributed by atoms with Crippen molar-refractivity contribution < 1.29 is 9.47 Å². The molecule has 12 aromatic carbocycles. The van der Waals surface area contributed by atoms with Gasteiger partial charge in [0.25, 0.3) is 13.4 Å². The lowest BCUT2D eigenvalue weighted by molar-refractivity contribution is 0.486. The van der Waals surface area contributed by atoms with E-state index >= 15 is 0 Å². The summed E-state index contributed by atoms with van der Waals surface area (Å²) in [6.07, 6.45) is 0. The Kier molecular flexibility index (Phi) is 9.36. The smallest absolute Gasteiger partial charge is 0.253 e. The fourth-order valence-electron chi connectivity index (χ4n) is 12.3. The van der Waals surface area contributed by atoms with Gasteiger partial charge < -0.3 is 19.3 Å². The summed E-state index contributed by atoms with van der Waals surface area (Å²) in [4.78, 5) is 9.63. The molecule has 4 aliphatic rings. The number of benzene rings is 12. The van der Waals surface area contributed by atoms with Gasteiger partial charge in [-0.2, -0.15) is 0 Å². The normalized spacial score (nSPS) is 13.2. The van der Waals surface area contributed by atoms with Crippen LogP contribution in [0.15, 0.2) is 262 Å². The van der Waals surface area contributed by atoms with Crippen molar-refractivity contribution in [2.24, 2.45) is 0 Å². The Morgan fingerprint density at radius 2 is 0.595 bits per heavy atom. The zero-order valence-electron chi connectivity index (χ0n) is 39.8. The predicted octanol–water partition coefficient (Wildman–Crippen LogP) is 14.3. The summed E-state index contributed by atoms with van der Waals surface area (Å²) < 4.78 is 13.9. The van der Waals surface area contributed by atoms with E-state index in [2.05, 4.69) is 252 Å². The Bertz CT molecular complexity index is 3940. The molecular formula is C66H40B2N2O2S2. The lowest BCUT2D eigenvalue weighted by atomic mass is 9.35. The average molecular weight is 979 g/mol. The Balaban J connectivity index is 0.912. The second-order valence-electron chi connectivity index (χ2n) is 19.5. The van der Waals surface area contributed by atoms with E-state index in [9.17, 15) is 0 Å². The fraction of sp³-hybridized carbons (Fsp3) is 0. The lowest BCUT2D eigenvalue weighted by Gasteiger charge is -2.35. The van der Waals surface area contributed by atoms with E-state index in [4.69, 9.17) is 9.47 Å². The minimum atomic E-state index is -0.00471. The number of rotatable bonds is 6. The summed E-state index contributed by atoms with van der Waals surface area (Å²) in [5.74, 6) is 3.61. The highest BCUT2D eigenvalue weighted by Gasteiger charge is 2.42. The van der Waals surface area contributed by atoms with Crippen LogP contribution in [-0.4, -0.2) is 13.4 Å². The third kappa shape index (κ3) is 6.41. The molecule has 0 radical (unpaired) electrons. The van der Waals surface area contributed by atoms with E-state index in [0.29, 0.717) is 0 Å². The summed E-state index contributed by atoms with van der Waals surface area (Å²) >= 11 is 3.74. The molecule has 16 rings (SSSR count). The van der Waals surface area contributed by atoms with Gasteiger partial charge in [0.2, 0.25) is 0 Å². The lowest BCUT2D eigenvalue weighted by Crippen LogP contribution is -2.57. The van der Waals surface area contributed by atoms with Gasteiger partial charge in [0.15, 0.2) is 0 Å². The van der Waals surface area contributed by atoms with Crippen LogP contribution in [0.4, 0.5) is 34.1 Å². The first kappa shape index (κ1) is 42.0. The van der Waals surface area contributed by atoms with E-state index in [1.54, 1.807) is 0 Å². The van der Waals surface area contributed by atoms with Crippen molar-refractivity contribution in [3.05, 3.63) is 243 Å². The topological polar surface area (TPSA) is 24.9 Å². The fourth-order valence-corrected chi connectivity index (χ4v) is 14.7. The zero-order chi connectivity index (χ0) is 48.4. The van der Waals surface area contributed by atoms with Crippen LogP contribution in [0.3, 0.4) is 0 Å². The van der Waals surface area contributed by atoms with E-state index < -0.39 is 0 Å². The van der Waals surface area contributed by atoms with Gasteiger partial charge >= 0.3 is 0 Å². The van der Waals surface area contributed by atoms with Crippen LogP contribution >= 0.6 is 23.5 Å². The maximum atomic E-state index is 6.96. The number of nitrogens with zero attached hydrogens (tertiary/aromatic N) is 2. The van der Waals surface area contributed by atoms with Gasteiger partial charge in [-0.05, 0) is 139 Å². The maximum Gasteiger partial charge on any atom is 0.253 e. The molecule has 8 heteroatoms. The number of fused-ring (bicyclic) bond motifs is 14. The molecule has 4 aliphatic heterocycles. The first-order valence-electron chi connectivity index (χ1n) is 25.2. The van der Waals surface area contributed by atoms with Crippen LogP contribution in [0.2, 0.25) is 0 Å². The van der Waals surface area contributed by atoms with Crippen molar-refractivity contribution in [2.75, 3.05) is 9.80 Å². The molecule has 0 aromatic heterocycles. The molecule has 0 fully saturated rings. The van der Waals surface area contributed by atoms with Gasteiger partial charge in [-0.15, -0.1) is 0 Å². The van der Waals surface area contributed by atoms with Crippen LogP contribution in [0.25, 0.3) is 32.3 Å². The first-order chi connectivity index (χ1) is 36.7. The van der Waals surface area contributed by atoms with Gasteiger partial charge in [-0.1, -0.05) is 180 Å². The monoisotopic (exact) mass is 978 g/mol. The largest absolute Gasteiger partial charge is 0.458 e. The van der Waals surface area contributed by atoms with Crippen LogP contribution in [-0.2, 0) is 0 Å². The second kappa shape index (κ2) is 16.5. The van der Waals surface area contributed by atoms with Crippen molar-refractivity contribution in [3.63, 3.8) is 0 Å². The molecular weight excluding hydrogens is 938 g/mol. The molecule has 12 aromatic rings. The molecule has 0 amide bonds. The Morgan fingerprint density at radius 1 is 0.257 bits per heavy atom. The first-order valence-corrected chi connectivity index (χ1v) is 26.8. The molecule has 0 spiro atoms. The van der Waals surface area contributed by atoms with E-state index in [0.717, 1.165) is 57.1 Å². The molecule has 0 N–H and O–H groups in total. The summed E-state index contributed by atoms with van der Waals surface area (Å²) in [5.41, 5.74) is 14.0. The molecule has 0 unspecified atom stereocenters. The Hall–Kier alpha value is -8.55. The van der Waals surface area contributed by atoms with Crippen LogP contribution in [0.1, 0.15) is 0 Å². The standard InChI is InChI=1S/C66H40B2N2O2S2/c1-5-19-41(20-6-1)69(42-21-7-2-8-22-42)45-33-59-65-63(35-45)73-61-39-51-49(37-55(61)67(65)53-29-15-17-31-57(53)71-59)47-27-13-14-28-48(47)50-38-56-62(40-52(50)51)74-64-36-46(34-60-66(64)68(56)54-30-16-18-32-58(54)72-60)70(43-23-9-3-10-24-43)44-25-11-4-12-26-44/h1-40H. The van der Waals surface area contributed by atoms with E-state index in [1.165, 1.54) is 84.7 Å². The number of hydrogen-bond donors (Lipinski definition) is 0. The SMILES string of the molecule is c1ccc(N(c2ccccc2)c2cc3c4c(c2)Sc2cc5c6cc7c(cc6c6ccccc6c5cc2B4c2ccccc2O3)B2c3ccccc3Oc3cc(N(c4ccccc4)c4ccccc4)cc(c32)S7)cc1. The van der Waals surface area contributed by atoms with Crippen molar-refractivity contribution >= 4 is 136 Å². The van der Waals surface area contributed by atoms with Crippen molar-refractivity contribution in [1.29, 1.82) is 0 Å². The van der Waals surface area contributed by atoms with Gasteiger partial charge in [0.1, 0.15) is 23.0 Å². The van der Waals surface area contributed by atoms with Gasteiger partial charge in [-0.3, -0.25) is 0 Å². The van der Waals surface area contributed by atoms with Gasteiger partial charge in [0, 0.05) is 54.5 Å². The molecule has 4 nitrogen and oxygen atoms in total. The zero-order valence-corrected chi connectivity index (χ0v) is 41.4. The number of hydrogen-bond acceptors (Lipinski definition) is 6. The summed E-state index contributed by atoms with van der Waals surface area (Å²) in [5, 5.41) is 7.57. The maximum absolute atomic E-state index is 6.96. The van der Waals surface area contributed by atoms with Crippen molar-refractivity contribution in [2.45, 2.75) is 19.6 Å².